The van der Waals surface area contributed by atoms with Crippen LogP contribution in [0.1, 0.15) is 17.3 Å². The van der Waals surface area contributed by atoms with Crippen LogP contribution in [0.15, 0.2) is 29.6 Å². The summed E-state index contributed by atoms with van der Waals surface area (Å²) in [4.78, 5) is 11.8. The lowest BCUT2D eigenvalue weighted by Gasteiger charge is -2.05. The zero-order valence-electron chi connectivity index (χ0n) is 9.77. The quantitative estimate of drug-likeness (QED) is 0.870. The molecule has 0 aliphatic carbocycles. The molecule has 5 heteroatoms. The summed E-state index contributed by atoms with van der Waals surface area (Å²) in [5.74, 6) is -0.351. The van der Waals surface area contributed by atoms with E-state index < -0.39 is 0 Å². The summed E-state index contributed by atoms with van der Waals surface area (Å²) >= 11 is 7.17. The van der Waals surface area contributed by atoms with Crippen LogP contribution in [0.2, 0.25) is 5.02 Å². The van der Waals surface area contributed by atoms with Gasteiger partial charge in [-0.2, -0.15) is 0 Å². The summed E-state index contributed by atoms with van der Waals surface area (Å²) < 4.78 is 5.01. The first-order valence-corrected chi connectivity index (χ1v) is 6.69. The molecule has 0 saturated carbocycles. The molecule has 0 saturated heterocycles. The molecule has 1 aromatic heterocycles. The van der Waals surface area contributed by atoms with Crippen molar-refractivity contribution in [2.24, 2.45) is 0 Å². The number of ether oxygens (including phenoxy) is 1. The number of hydrogen-bond donors (Lipinski definition) is 1. The second kappa shape index (κ2) is 5.42. The predicted octanol–water partition coefficient (Wildman–Crippen LogP) is 3.83. The van der Waals surface area contributed by atoms with Gasteiger partial charge in [0.2, 0.25) is 0 Å². The van der Waals surface area contributed by atoms with Crippen LogP contribution in [0.4, 0.5) is 5.00 Å². The van der Waals surface area contributed by atoms with Gasteiger partial charge in [0.25, 0.3) is 0 Å². The number of benzene rings is 1. The molecular weight excluding hydrogens is 270 g/mol. The Morgan fingerprint density at radius 2 is 2.06 bits per heavy atom. The van der Waals surface area contributed by atoms with Crippen LogP contribution < -0.4 is 5.73 Å². The lowest BCUT2D eigenvalue weighted by molar-refractivity contribution is 0.0528. The van der Waals surface area contributed by atoms with Crippen LogP contribution >= 0.6 is 22.9 Å². The average Bonchev–Trinajstić information content (AvgIpc) is 2.73. The molecule has 3 nitrogen and oxygen atoms in total. The molecule has 18 heavy (non-hydrogen) atoms. The highest BCUT2D eigenvalue weighted by atomic mass is 35.5. The molecular formula is C13H12ClNO2S. The number of nitrogen functional groups attached to an aromatic ring is 1. The van der Waals surface area contributed by atoms with Crippen LogP contribution in [-0.4, -0.2) is 12.6 Å². The van der Waals surface area contributed by atoms with E-state index in [1.807, 2.05) is 12.1 Å². The number of hydrogen-bond acceptors (Lipinski definition) is 4. The molecule has 0 fully saturated rings. The molecule has 0 aliphatic heterocycles. The topological polar surface area (TPSA) is 52.3 Å². The molecule has 0 radical (unpaired) electrons. The normalized spacial score (nSPS) is 10.3. The maximum Gasteiger partial charge on any atom is 0.339 e. The number of nitrogens with two attached hydrogens (primary N) is 1. The van der Waals surface area contributed by atoms with Crippen molar-refractivity contribution in [3.05, 3.63) is 40.2 Å². The van der Waals surface area contributed by atoms with Crippen molar-refractivity contribution >= 4 is 33.9 Å². The molecule has 0 aliphatic rings. The van der Waals surface area contributed by atoms with Gasteiger partial charge < -0.3 is 10.5 Å². The predicted molar refractivity (Wildman–Crippen MR) is 75.1 cm³/mol. The molecule has 94 valence electrons. The summed E-state index contributed by atoms with van der Waals surface area (Å²) in [6.07, 6.45) is 0. The fraction of sp³-hybridized carbons (Fsp3) is 0.154. The first kappa shape index (κ1) is 12.9. The zero-order chi connectivity index (χ0) is 13.1. The van der Waals surface area contributed by atoms with E-state index in [1.165, 1.54) is 11.3 Å². The lowest BCUT2D eigenvalue weighted by atomic mass is 10.0. The molecule has 2 aromatic rings. The Kier molecular flexibility index (Phi) is 3.89. The highest BCUT2D eigenvalue weighted by Gasteiger charge is 2.18. The summed E-state index contributed by atoms with van der Waals surface area (Å²) in [7, 11) is 0. The van der Waals surface area contributed by atoms with Gasteiger partial charge in [-0.05, 0) is 24.6 Å². The standard InChI is InChI=1S/C13H12ClNO2S/c1-2-17-13(16)10-7-18-12(15)11(10)8-3-5-9(14)6-4-8/h3-7H,2,15H2,1H3. The average molecular weight is 282 g/mol. The van der Waals surface area contributed by atoms with Crippen molar-refractivity contribution < 1.29 is 9.53 Å². The fourth-order valence-corrected chi connectivity index (χ4v) is 2.58. The van der Waals surface area contributed by atoms with E-state index in [4.69, 9.17) is 22.1 Å². The Hall–Kier alpha value is -1.52. The van der Waals surface area contributed by atoms with Crippen molar-refractivity contribution in [2.75, 3.05) is 12.3 Å². The number of carbonyl (C=O) groups excluding carboxylic acids is 1. The third-order valence-corrected chi connectivity index (χ3v) is 3.51. The van der Waals surface area contributed by atoms with Crippen LogP contribution in [-0.2, 0) is 4.74 Å². The molecule has 1 aromatic carbocycles. The van der Waals surface area contributed by atoms with Crippen molar-refractivity contribution in [3.63, 3.8) is 0 Å². The first-order valence-electron chi connectivity index (χ1n) is 5.43. The Labute approximate surface area is 114 Å². The second-order valence-corrected chi connectivity index (χ2v) is 4.96. The van der Waals surface area contributed by atoms with Gasteiger partial charge >= 0.3 is 5.97 Å². The molecule has 0 amide bonds. The van der Waals surface area contributed by atoms with Gasteiger partial charge in [-0.1, -0.05) is 23.7 Å². The maximum atomic E-state index is 11.8. The molecule has 2 rings (SSSR count). The molecule has 2 N–H and O–H groups in total. The number of esters is 1. The second-order valence-electron chi connectivity index (χ2n) is 3.62. The third-order valence-electron chi connectivity index (χ3n) is 2.45. The smallest absolute Gasteiger partial charge is 0.339 e. The summed E-state index contributed by atoms with van der Waals surface area (Å²) in [5, 5.41) is 2.96. The van der Waals surface area contributed by atoms with Gasteiger partial charge in [-0.15, -0.1) is 11.3 Å². The van der Waals surface area contributed by atoms with E-state index in [-0.39, 0.29) is 5.97 Å². The first-order chi connectivity index (χ1) is 8.63. The summed E-state index contributed by atoms with van der Waals surface area (Å²) in [6.45, 7) is 2.12. The minimum absolute atomic E-state index is 0.342. The van der Waals surface area contributed by atoms with E-state index in [0.717, 1.165) is 11.1 Å². The Balaban J connectivity index is 2.46. The number of carbonyl (C=O) groups is 1. The Bertz CT molecular complexity index is 563. The van der Waals surface area contributed by atoms with E-state index in [9.17, 15) is 4.79 Å². The zero-order valence-corrected chi connectivity index (χ0v) is 11.3. The van der Waals surface area contributed by atoms with Crippen LogP contribution in [0.5, 0.6) is 0 Å². The number of halogens is 1. The van der Waals surface area contributed by atoms with E-state index in [1.54, 1.807) is 24.4 Å². The van der Waals surface area contributed by atoms with Gasteiger partial charge in [-0.3, -0.25) is 0 Å². The van der Waals surface area contributed by atoms with E-state index in [0.29, 0.717) is 22.2 Å². The Morgan fingerprint density at radius 1 is 1.39 bits per heavy atom. The minimum atomic E-state index is -0.351. The van der Waals surface area contributed by atoms with Gasteiger partial charge in [0.05, 0.1) is 17.2 Å². The van der Waals surface area contributed by atoms with Crippen molar-refractivity contribution in [3.8, 4) is 11.1 Å². The van der Waals surface area contributed by atoms with E-state index in [2.05, 4.69) is 0 Å². The SMILES string of the molecule is CCOC(=O)c1csc(N)c1-c1ccc(Cl)cc1. The van der Waals surface area contributed by atoms with Gasteiger partial charge in [0.15, 0.2) is 0 Å². The minimum Gasteiger partial charge on any atom is -0.462 e. The fourth-order valence-electron chi connectivity index (χ4n) is 1.65. The van der Waals surface area contributed by atoms with E-state index >= 15 is 0 Å². The monoisotopic (exact) mass is 281 g/mol. The number of thiophene rings is 1. The number of rotatable bonds is 3. The van der Waals surface area contributed by atoms with Gasteiger partial charge in [0, 0.05) is 16.0 Å². The lowest BCUT2D eigenvalue weighted by Crippen LogP contribution is -2.05. The molecule has 0 unspecified atom stereocenters. The largest absolute Gasteiger partial charge is 0.462 e. The Morgan fingerprint density at radius 3 is 2.67 bits per heavy atom. The van der Waals surface area contributed by atoms with Crippen LogP contribution in [0.25, 0.3) is 11.1 Å². The molecule has 0 spiro atoms. The van der Waals surface area contributed by atoms with Crippen molar-refractivity contribution in [1.29, 1.82) is 0 Å². The number of anilines is 1. The molecule has 1 heterocycles. The third kappa shape index (κ3) is 2.49. The summed E-state index contributed by atoms with van der Waals surface area (Å²) in [6, 6.07) is 7.21. The summed E-state index contributed by atoms with van der Waals surface area (Å²) in [5.41, 5.74) is 8.00. The molecule has 0 atom stereocenters. The molecule has 0 bridgehead atoms. The van der Waals surface area contributed by atoms with Crippen LogP contribution in [0, 0.1) is 0 Å². The maximum absolute atomic E-state index is 11.8. The highest BCUT2D eigenvalue weighted by molar-refractivity contribution is 7.15. The highest BCUT2D eigenvalue weighted by Crippen LogP contribution is 2.36. The van der Waals surface area contributed by atoms with Crippen molar-refractivity contribution in [1.82, 2.24) is 0 Å². The van der Waals surface area contributed by atoms with Gasteiger partial charge in [-0.25, -0.2) is 4.79 Å². The van der Waals surface area contributed by atoms with Gasteiger partial charge in [0.1, 0.15) is 0 Å². The van der Waals surface area contributed by atoms with Crippen LogP contribution in [0.3, 0.4) is 0 Å². The van der Waals surface area contributed by atoms with Crippen molar-refractivity contribution in [2.45, 2.75) is 6.92 Å².